The van der Waals surface area contributed by atoms with E-state index in [1.165, 1.54) is 24.5 Å². The molecule has 1 aliphatic rings. The zero-order valence-electron chi connectivity index (χ0n) is 14.4. The Bertz CT molecular complexity index is 1010. The summed E-state index contributed by atoms with van der Waals surface area (Å²) in [6.45, 7) is 0.941. The summed E-state index contributed by atoms with van der Waals surface area (Å²) >= 11 is 0. The van der Waals surface area contributed by atoms with Crippen LogP contribution in [0.4, 0.5) is 14.6 Å². The Morgan fingerprint density at radius 2 is 1.89 bits per heavy atom. The molecule has 2 heterocycles. The topological polar surface area (TPSA) is 66.3 Å². The summed E-state index contributed by atoms with van der Waals surface area (Å²) in [6, 6.07) is 8.87. The Morgan fingerprint density at radius 3 is 2.63 bits per heavy atom. The van der Waals surface area contributed by atoms with Crippen LogP contribution in [0.15, 0.2) is 42.7 Å². The van der Waals surface area contributed by atoms with Gasteiger partial charge in [-0.15, -0.1) is 0 Å². The Hall–Kier alpha value is -3.09. The molecule has 0 radical (unpaired) electrons. The number of anilines is 1. The lowest BCUT2D eigenvalue weighted by atomic mass is 9.96. The number of benzene rings is 2. The number of carboxylic acids is 1. The van der Waals surface area contributed by atoms with E-state index in [0.717, 1.165) is 0 Å². The van der Waals surface area contributed by atoms with Gasteiger partial charge in [0.25, 0.3) is 0 Å². The predicted molar refractivity (Wildman–Crippen MR) is 97.5 cm³/mol. The van der Waals surface area contributed by atoms with Gasteiger partial charge in [0.1, 0.15) is 29.3 Å². The molecule has 1 N–H and O–H groups in total. The first kappa shape index (κ1) is 17.3. The van der Waals surface area contributed by atoms with E-state index in [4.69, 9.17) is 0 Å². The number of fused-ring (bicyclic) bond motifs is 1. The fourth-order valence-corrected chi connectivity index (χ4v) is 3.61. The molecule has 0 spiro atoms. The van der Waals surface area contributed by atoms with E-state index < -0.39 is 17.7 Å². The van der Waals surface area contributed by atoms with Crippen LogP contribution in [0, 0.1) is 17.6 Å². The number of carbonyl (C=O) groups is 1. The van der Waals surface area contributed by atoms with Crippen molar-refractivity contribution in [3.63, 3.8) is 0 Å². The molecular formula is C20H17F2N3O2. The second-order valence-corrected chi connectivity index (χ2v) is 6.65. The van der Waals surface area contributed by atoms with Crippen molar-refractivity contribution in [1.82, 2.24) is 9.97 Å². The largest absolute Gasteiger partial charge is 0.481 e. The van der Waals surface area contributed by atoms with Crippen LogP contribution in [-0.4, -0.2) is 34.1 Å². The summed E-state index contributed by atoms with van der Waals surface area (Å²) < 4.78 is 27.8. The van der Waals surface area contributed by atoms with E-state index in [9.17, 15) is 18.7 Å². The molecule has 138 valence electrons. The monoisotopic (exact) mass is 369 g/mol. The van der Waals surface area contributed by atoms with E-state index in [0.29, 0.717) is 48.3 Å². The van der Waals surface area contributed by atoms with Gasteiger partial charge >= 0.3 is 5.97 Å². The fraction of sp³-hybridized carbons (Fsp3) is 0.250. The molecule has 0 saturated carbocycles. The van der Waals surface area contributed by atoms with Crippen LogP contribution in [0.5, 0.6) is 0 Å². The molecule has 2 aromatic carbocycles. The minimum Gasteiger partial charge on any atom is -0.481 e. The predicted octanol–water partition coefficient (Wildman–Crippen LogP) is 3.88. The molecule has 1 saturated heterocycles. The van der Waals surface area contributed by atoms with Crippen molar-refractivity contribution < 1.29 is 18.7 Å². The average Bonchev–Trinajstić information content (AvgIpc) is 2.69. The highest BCUT2D eigenvalue weighted by atomic mass is 19.1. The van der Waals surface area contributed by atoms with Gasteiger partial charge in [-0.3, -0.25) is 4.79 Å². The van der Waals surface area contributed by atoms with E-state index in [1.54, 1.807) is 18.2 Å². The molecule has 1 fully saturated rings. The summed E-state index contributed by atoms with van der Waals surface area (Å²) in [5.41, 5.74) is 1.56. The zero-order valence-corrected chi connectivity index (χ0v) is 14.4. The maximum Gasteiger partial charge on any atom is 0.308 e. The van der Waals surface area contributed by atoms with Crippen LogP contribution in [-0.2, 0) is 4.79 Å². The van der Waals surface area contributed by atoms with E-state index in [-0.39, 0.29) is 11.3 Å². The SMILES string of the molecule is O=C(O)C1CCCN(c2ncnc3c(F)ccc(-c4ccc(F)cc4)c23)C1. The maximum absolute atomic E-state index is 14.4. The molecule has 7 heteroatoms. The zero-order chi connectivity index (χ0) is 19.0. The third kappa shape index (κ3) is 3.20. The summed E-state index contributed by atoms with van der Waals surface area (Å²) in [5.74, 6) is -1.67. The van der Waals surface area contributed by atoms with Gasteiger partial charge in [-0.25, -0.2) is 18.7 Å². The van der Waals surface area contributed by atoms with E-state index in [1.807, 2.05) is 4.90 Å². The summed E-state index contributed by atoms with van der Waals surface area (Å²) in [7, 11) is 0. The number of halogens is 2. The van der Waals surface area contributed by atoms with E-state index >= 15 is 0 Å². The number of nitrogens with zero attached hydrogens (tertiary/aromatic N) is 3. The number of hydrogen-bond donors (Lipinski definition) is 1. The smallest absolute Gasteiger partial charge is 0.308 e. The molecule has 0 aliphatic carbocycles. The molecule has 0 bridgehead atoms. The second-order valence-electron chi connectivity index (χ2n) is 6.65. The van der Waals surface area contributed by atoms with Crippen LogP contribution in [0.25, 0.3) is 22.0 Å². The molecular weight excluding hydrogens is 352 g/mol. The normalized spacial score (nSPS) is 17.3. The fourth-order valence-electron chi connectivity index (χ4n) is 3.61. The number of aliphatic carboxylic acids is 1. The van der Waals surface area contributed by atoms with Crippen LogP contribution in [0.3, 0.4) is 0 Å². The minimum absolute atomic E-state index is 0.166. The Morgan fingerprint density at radius 1 is 1.11 bits per heavy atom. The maximum atomic E-state index is 14.4. The number of hydrogen-bond acceptors (Lipinski definition) is 4. The molecule has 1 aromatic heterocycles. The van der Waals surface area contributed by atoms with Crippen LogP contribution >= 0.6 is 0 Å². The lowest BCUT2D eigenvalue weighted by Crippen LogP contribution is -2.39. The first-order chi connectivity index (χ1) is 13.0. The van der Waals surface area contributed by atoms with Gasteiger partial charge in [-0.05, 0) is 42.2 Å². The average molecular weight is 369 g/mol. The number of piperidine rings is 1. The van der Waals surface area contributed by atoms with Crippen molar-refractivity contribution in [3.05, 3.63) is 54.4 Å². The molecule has 0 amide bonds. The highest BCUT2D eigenvalue weighted by molar-refractivity contribution is 6.02. The van der Waals surface area contributed by atoms with E-state index in [2.05, 4.69) is 9.97 Å². The van der Waals surface area contributed by atoms with Crippen molar-refractivity contribution >= 4 is 22.7 Å². The van der Waals surface area contributed by atoms with Gasteiger partial charge in [0.15, 0.2) is 0 Å². The summed E-state index contributed by atoms with van der Waals surface area (Å²) in [5, 5.41) is 9.87. The molecule has 3 aromatic rings. The quantitative estimate of drug-likeness (QED) is 0.759. The molecule has 1 atom stereocenters. The van der Waals surface area contributed by atoms with Crippen molar-refractivity contribution in [3.8, 4) is 11.1 Å². The van der Waals surface area contributed by atoms with Gasteiger partial charge in [0.2, 0.25) is 0 Å². The Balaban J connectivity index is 1.89. The first-order valence-corrected chi connectivity index (χ1v) is 8.71. The van der Waals surface area contributed by atoms with Crippen molar-refractivity contribution in [2.75, 3.05) is 18.0 Å². The van der Waals surface area contributed by atoms with Gasteiger partial charge in [-0.1, -0.05) is 18.2 Å². The lowest BCUT2D eigenvalue weighted by molar-refractivity contribution is -0.141. The molecule has 27 heavy (non-hydrogen) atoms. The Labute approximate surface area is 154 Å². The lowest BCUT2D eigenvalue weighted by Gasteiger charge is -2.32. The van der Waals surface area contributed by atoms with Crippen molar-refractivity contribution in [2.45, 2.75) is 12.8 Å². The third-order valence-electron chi connectivity index (χ3n) is 4.94. The standard InChI is InChI=1S/C20H17F2N3O2/c21-14-5-3-12(4-6-14)15-7-8-16(22)18-17(15)19(24-11-23-18)25-9-1-2-13(10-25)20(26)27/h3-8,11,13H,1-2,9-10H2,(H,26,27). The van der Waals surface area contributed by atoms with Gasteiger partial charge in [0, 0.05) is 13.1 Å². The van der Waals surface area contributed by atoms with Gasteiger partial charge in [0.05, 0.1) is 11.3 Å². The number of rotatable bonds is 3. The molecule has 1 unspecified atom stereocenters. The molecule has 5 nitrogen and oxygen atoms in total. The van der Waals surface area contributed by atoms with Crippen molar-refractivity contribution in [1.29, 1.82) is 0 Å². The summed E-state index contributed by atoms with van der Waals surface area (Å²) in [6.07, 6.45) is 2.61. The van der Waals surface area contributed by atoms with Gasteiger partial charge in [-0.2, -0.15) is 0 Å². The molecule has 1 aliphatic heterocycles. The van der Waals surface area contributed by atoms with Gasteiger partial charge < -0.3 is 10.0 Å². The number of aromatic nitrogens is 2. The highest BCUT2D eigenvalue weighted by Gasteiger charge is 2.28. The van der Waals surface area contributed by atoms with Crippen LogP contribution in [0.2, 0.25) is 0 Å². The summed E-state index contributed by atoms with van der Waals surface area (Å²) in [4.78, 5) is 21.7. The highest BCUT2D eigenvalue weighted by Crippen LogP contribution is 2.36. The number of carboxylic acid groups (broad SMARTS) is 1. The second kappa shape index (κ2) is 6.90. The third-order valence-corrected chi connectivity index (χ3v) is 4.94. The Kier molecular flexibility index (Phi) is 4.43. The first-order valence-electron chi connectivity index (χ1n) is 8.71. The molecule has 4 rings (SSSR count). The van der Waals surface area contributed by atoms with Crippen LogP contribution < -0.4 is 4.90 Å². The minimum atomic E-state index is -0.844. The van der Waals surface area contributed by atoms with Crippen molar-refractivity contribution in [2.24, 2.45) is 5.92 Å². The van der Waals surface area contributed by atoms with Crippen LogP contribution in [0.1, 0.15) is 12.8 Å².